The molecule has 8 rings (SSSR count). The van der Waals surface area contributed by atoms with Crippen molar-refractivity contribution < 1.29 is 57.6 Å². The smallest absolute Gasteiger partial charge is 0.399 e. The Morgan fingerprint density at radius 1 is 0.909 bits per heavy atom. The topological polar surface area (TPSA) is 164 Å². The molecular formula is C41H38BClF8N8O6S. The summed E-state index contributed by atoms with van der Waals surface area (Å²) in [6, 6.07) is 7.88. The lowest BCUT2D eigenvalue weighted by Gasteiger charge is -2.32. The number of carbonyl (C=O) groups is 1. The van der Waals surface area contributed by atoms with E-state index >= 15 is 4.79 Å². The van der Waals surface area contributed by atoms with E-state index < -0.39 is 125 Å². The number of alkyl halides is 6. The van der Waals surface area contributed by atoms with Crippen LogP contribution in [-0.4, -0.2) is 73.4 Å². The average Bonchev–Trinajstić information content (AvgIpc) is 3.85. The Hall–Kier alpha value is -5.59. The van der Waals surface area contributed by atoms with Crippen molar-refractivity contribution in [3.05, 3.63) is 104 Å². The van der Waals surface area contributed by atoms with Gasteiger partial charge in [-0.3, -0.25) is 28.2 Å². The lowest BCUT2D eigenvalue weighted by atomic mass is 9.79. The monoisotopic (exact) mass is 968 g/mol. The second kappa shape index (κ2) is 17.2. The van der Waals surface area contributed by atoms with Crippen molar-refractivity contribution in [1.29, 1.82) is 0 Å². The lowest BCUT2D eigenvalue weighted by molar-refractivity contribution is -0.122. The number of hydrogen-bond acceptors (Lipinski definition) is 9. The normalized spacial score (nSPS) is 16.6. The van der Waals surface area contributed by atoms with E-state index in [0.29, 0.717) is 35.1 Å². The van der Waals surface area contributed by atoms with E-state index in [-0.39, 0.29) is 38.1 Å². The Kier molecular flexibility index (Phi) is 12.3. The molecule has 1 aliphatic heterocycles. The Balaban J connectivity index is 1.38. The first-order chi connectivity index (χ1) is 30.9. The molecule has 2 N–H and O–H groups in total. The number of fused-ring (bicyclic) bond motifs is 2. The zero-order valence-electron chi connectivity index (χ0n) is 35.1. The first-order valence-corrected chi connectivity index (χ1v) is 22.1. The van der Waals surface area contributed by atoms with Crippen LogP contribution < -0.4 is 21.1 Å². The van der Waals surface area contributed by atoms with Crippen LogP contribution in [0.15, 0.2) is 59.4 Å². The number of anilines is 1. The Labute approximate surface area is 375 Å². The van der Waals surface area contributed by atoms with Gasteiger partial charge >= 0.3 is 7.12 Å². The van der Waals surface area contributed by atoms with Crippen LogP contribution in [0, 0.1) is 11.6 Å². The number of hydrogen-bond donors (Lipinski definition) is 2. The van der Waals surface area contributed by atoms with Crippen molar-refractivity contribution in [3.63, 3.8) is 0 Å². The molecule has 1 aliphatic carbocycles. The molecule has 66 heavy (non-hydrogen) atoms. The van der Waals surface area contributed by atoms with E-state index in [1.165, 1.54) is 30.3 Å². The molecule has 6 aromatic rings. The number of carbonyl (C=O) groups excluding carboxylic acids is 1. The molecule has 3 aromatic heterocycles. The highest BCUT2D eigenvalue weighted by atomic mass is 35.5. The number of halogens is 9. The van der Waals surface area contributed by atoms with Gasteiger partial charge in [0.2, 0.25) is 15.9 Å². The van der Waals surface area contributed by atoms with Crippen molar-refractivity contribution in [2.75, 3.05) is 4.72 Å². The van der Waals surface area contributed by atoms with Crippen LogP contribution in [0.25, 0.3) is 27.5 Å². The van der Waals surface area contributed by atoms with Gasteiger partial charge in [0, 0.05) is 12.5 Å². The molecule has 1 atom stereocenters. The maximum atomic E-state index is 15.1. The van der Waals surface area contributed by atoms with E-state index in [0.717, 1.165) is 21.4 Å². The van der Waals surface area contributed by atoms with Gasteiger partial charge in [-0.05, 0) is 94.0 Å². The maximum absolute atomic E-state index is 15.1. The van der Waals surface area contributed by atoms with Gasteiger partial charge in [-0.15, -0.1) is 0 Å². The first kappa shape index (κ1) is 46.9. The minimum Gasteiger partial charge on any atom is -0.399 e. The standard InChI is InChI=1S/C41H38BClF8N8O6S/c1-40(2)41(3,4)65-42(64-40)20-5-8-24-26(14-20)53-38(28(13-19-11-21(44)15-22(45)12-19)52-32(60)18-57-30(36(50)51)16-27(54-57)35(48)49)59(39(24)61)29-10-9-25(43)33-34(29)58(17-31(46)47)55-37(33)56-66(62,63)23-6-7-23/h5,8-12,14-16,23,28,31,35-36H,6-7,13,17-18H2,1-4H3,(H,52,60)(H,55,56)/t28-/m0/s1. The SMILES string of the molecule is CC1(C)OB(c2ccc3c(=O)n(-c4ccc(Cl)c5c(NS(=O)(=O)C6CC6)nn(CC(F)F)c45)c([C@H](Cc4cc(F)cc(F)c4)NC(=O)Cn4nc(C(F)F)cc4C(F)F)nc3c2)OC1(C)C. The average molecular weight is 969 g/mol. The van der Waals surface area contributed by atoms with Crippen LogP contribution >= 0.6 is 11.6 Å². The van der Waals surface area contributed by atoms with Crippen LogP contribution in [0.2, 0.25) is 5.02 Å². The summed E-state index contributed by atoms with van der Waals surface area (Å²) in [4.78, 5) is 33.9. The van der Waals surface area contributed by atoms with Gasteiger partial charge in [0.05, 0.1) is 55.0 Å². The minimum absolute atomic E-state index is 0.0686. The van der Waals surface area contributed by atoms with Crippen molar-refractivity contribution in [2.24, 2.45) is 0 Å². The predicted molar refractivity (Wildman–Crippen MR) is 226 cm³/mol. The molecule has 1 saturated carbocycles. The quantitative estimate of drug-likeness (QED) is 0.0794. The molecule has 4 heterocycles. The molecule has 14 nitrogen and oxygen atoms in total. The Bertz CT molecular complexity index is 3040. The highest BCUT2D eigenvalue weighted by Gasteiger charge is 2.52. The predicted octanol–water partition coefficient (Wildman–Crippen LogP) is 7.31. The van der Waals surface area contributed by atoms with Crippen LogP contribution in [0.3, 0.4) is 0 Å². The van der Waals surface area contributed by atoms with Gasteiger partial charge in [-0.1, -0.05) is 17.7 Å². The molecular weight excluding hydrogens is 931 g/mol. The van der Waals surface area contributed by atoms with Crippen molar-refractivity contribution in [1.82, 2.24) is 34.4 Å². The summed E-state index contributed by atoms with van der Waals surface area (Å²) in [5, 5.41) is 8.83. The molecule has 350 valence electrons. The van der Waals surface area contributed by atoms with Gasteiger partial charge in [0.25, 0.3) is 24.8 Å². The van der Waals surface area contributed by atoms with Crippen LogP contribution in [0.4, 0.5) is 40.9 Å². The summed E-state index contributed by atoms with van der Waals surface area (Å²) in [5.74, 6) is -4.19. The van der Waals surface area contributed by atoms with Gasteiger partial charge in [-0.25, -0.2) is 48.5 Å². The van der Waals surface area contributed by atoms with E-state index in [1.807, 2.05) is 0 Å². The highest BCUT2D eigenvalue weighted by molar-refractivity contribution is 7.93. The number of nitrogens with one attached hydrogen (secondary N) is 2. The van der Waals surface area contributed by atoms with Crippen LogP contribution in [-0.2, 0) is 43.6 Å². The number of amides is 1. The third-order valence-electron chi connectivity index (χ3n) is 11.6. The summed E-state index contributed by atoms with van der Waals surface area (Å²) in [5.41, 5.74) is -5.09. The largest absolute Gasteiger partial charge is 0.494 e. The molecule has 0 bridgehead atoms. The summed E-state index contributed by atoms with van der Waals surface area (Å²) in [6.45, 7) is 4.96. The summed E-state index contributed by atoms with van der Waals surface area (Å²) in [7, 11) is -5.09. The van der Waals surface area contributed by atoms with Crippen molar-refractivity contribution in [2.45, 2.75) is 102 Å². The fourth-order valence-electron chi connectivity index (χ4n) is 7.59. The second-order valence-corrected chi connectivity index (χ2v) is 19.3. The number of aromatic nitrogens is 6. The van der Waals surface area contributed by atoms with E-state index in [2.05, 4.69) is 20.2 Å². The van der Waals surface area contributed by atoms with Crippen LogP contribution in [0.1, 0.15) is 82.2 Å². The third-order valence-corrected chi connectivity index (χ3v) is 13.7. The minimum atomic E-state index is -4.10. The number of benzene rings is 3. The molecule has 0 unspecified atom stereocenters. The molecule has 1 amide bonds. The highest BCUT2D eigenvalue weighted by Crippen LogP contribution is 2.39. The summed E-state index contributed by atoms with van der Waals surface area (Å²) >= 11 is 6.65. The number of sulfonamides is 1. The van der Waals surface area contributed by atoms with Gasteiger partial charge in [0.15, 0.2) is 5.82 Å². The maximum Gasteiger partial charge on any atom is 0.494 e. The first-order valence-electron chi connectivity index (χ1n) is 20.2. The van der Waals surface area contributed by atoms with E-state index in [1.54, 1.807) is 27.7 Å². The molecule has 2 aliphatic rings. The molecule has 25 heteroatoms. The van der Waals surface area contributed by atoms with Gasteiger partial charge < -0.3 is 14.6 Å². The summed E-state index contributed by atoms with van der Waals surface area (Å²) in [6.07, 6.45) is -9.72. The third kappa shape index (κ3) is 9.11. The fourth-order valence-corrected chi connectivity index (χ4v) is 9.17. The number of rotatable bonds is 15. The summed E-state index contributed by atoms with van der Waals surface area (Å²) < 4.78 is 157. The molecule has 0 radical (unpaired) electrons. The van der Waals surface area contributed by atoms with Crippen LogP contribution in [0.5, 0.6) is 0 Å². The van der Waals surface area contributed by atoms with Gasteiger partial charge in [0.1, 0.15) is 41.9 Å². The molecule has 0 spiro atoms. The van der Waals surface area contributed by atoms with Crippen molar-refractivity contribution >= 4 is 67.7 Å². The Morgan fingerprint density at radius 2 is 1.58 bits per heavy atom. The lowest BCUT2D eigenvalue weighted by Crippen LogP contribution is -2.41. The van der Waals surface area contributed by atoms with E-state index in [4.69, 9.17) is 25.9 Å². The van der Waals surface area contributed by atoms with Gasteiger partial charge in [-0.2, -0.15) is 10.2 Å². The number of nitrogens with zero attached hydrogens (tertiary/aromatic N) is 6. The fraction of sp³-hybridized carbons (Fsp3) is 0.390. The van der Waals surface area contributed by atoms with Crippen molar-refractivity contribution in [3.8, 4) is 5.69 Å². The molecule has 3 aromatic carbocycles. The zero-order valence-corrected chi connectivity index (χ0v) is 36.7. The Morgan fingerprint density at radius 3 is 2.18 bits per heavy atom. The second-order valence-electron chi connectivity index (χ2n) is 16.9. The molecule has 2 fully saturated rings. The van der Waals surface area contributed by atoms with E-state index in [9.17, 15) is 48.3 Å². The molecule has 1 saturated heterocycles. The zero-order chi connectivity index (χ0) is 47.8.